The van der Waals surface area contributed by atoms with Gasteiger partial charge in [-0.1, -0.05) is 0 Å². The molecule has 2 aliphatic heterocycles. The number of aryl methyl sites for hydroxylation is 1. The number of aromatic nitrogens is 2. The number of fused-ring (bicyclic) bond motifs is 1. The molecule has 0 aliphatic carbocycles. The van der Waals surface area contributed by atoms with Crippen molar-refractivity contribution in [1.29, 1.82) is 0 Å². The van der Waals surface area contributed by atoms with Crippen molar-refractivity contribution in [2.24, 2.45) is 0 Å². The van der Waals surface area contributed by atoms with Crippen LogP contribution in [0, 0.1) is 6.92 Å². The van der Waals surface area contributed by atoms with Crippen LogP contribution in [-0.4, -0.2) is 58.8 Å². The zero-order chi connectivity index (χ0) is 17.3. The molecule has 132 valence electrons. The minimum atomic E-state index is -0.453. The summed E-state index contributed by atoms with van der Waals surface area (Å²) in [6, 6.07) is 0.362. The number of piperidine rings is 1. The van der Waals surface area contributed by atoms with Gasteiger partial charge in [0.05, 0.1) is 12.2 Å². The van der Waals surface area contributed by atoms with Crippen LogP contribution < -0.4 is 9.64 Å². The lowest BCUT2D eigenvalue weighted by molar-refractivity contribution is 0.0203. The summed E-state index contributed by atoms with van der Waals surface area (Å²) < 4.78 is 11.2. The van der Waals surface area contributed by atoms with Gasteiger partial charge in [-0.3, -0.25) is 0 Å². The van der Waals surface area contributed by atoms with Crippen molar-refractivity contribution in [2.45, 2.75) is 52.2 Å². The van der Waals surface area contributed by atoms with E-state index >= 15 is 0 Å². The summed E-state index contributed by atoms with van der Waals surface area (Å²) in [5.41, 5.74) is 0.418. The maximum absolute atomic E-state index is 12.2. The average Bonchev–Trinajstić information content (AvgIpc) is 2.53. The predicted octanol–water partition coefficient (Wildman–Crippen LogP) is 2.38. The first-order valence-corrected chi connectivity index (χ1v) is 8.54. The molecule has 1 saturated heterocycles. The van der Waals surface area contributed by atoms with Crippen molar-refractivity contribution < 1.29 is 14.3 Å². The molecule has 0 saturated carbocycles. The highest BCUT2D eigenvalue weighted by Crippen LogP contribution is 2.34. The van der Waals surface area contributed by atoms with E-state index in [4.69, 9.17) is 9.47 Å². The molecule has 24 heavy (non-hydrogen) atoms. The number of carbonyl (C=O) groups excluding carboxylic acids is 1. The predicted molar refractivity (Wildman–Crippen MR) is 90.4 cm³/mol. The molecule has 0 spiro atoms. The summed E-state index contributed by atoms with van der Waals surface area (Å²) in [4.78, 5) is 24.9. The molecule has 0 bridgehead atoms. The summed E-state index contributed by atoms with van der Waals surface area (Å²) in [5.74, 6) is 1.67. The van der Waals surface area contributed by atoms with E-state index in [1.54, 1.807) is 11.2 Å². The van der Waals surface area contributed by atoms with Crippen LogP contribution in [0.3, 0.4) is 0 Å². The van der Waals surface area contributed by atoms with Crippen LogP contribution >= 0.6 is 0 Å². The Balaban J connectivity index is 1.64. The van der Waals surface area contributed by atoms with Gasteiger partial charge in [0.2, 0.25) is 0 Å². The van der Waals surface area contributed by atoms with E-state index in [0.29, 0.717) is 25.7 Å². The first-order chi connectivity index (χ1) is 11.3. The van der Waals surface area contributed by atoms with Crippen molar-refractivity contribution >= 4 is 11.9 Å². The molecule has 7 heteroatoms. The van der Waals surface area contributed by atoms with E-state index in [1.807, 2.05) is 27.7 Å². The van der Waals surface area contributed by atoms with E-state index in [0.717, 1.165) is 36.6 Å². The van der Waals surface area contributed by atoms with Crippen LogP contribution in [-0.2, 0) is 4.74 Å². The molecule has 1 aromatic rings. The highest BCUT2D eigenvalue weighted by atomic mass is 16.6. The molecular formula is C17H26N4O3. The van der Waals surface area contributed by atoms with Crippen LogP contribution in [0.4, 0.5) is 10.6 Å². The van der Waals surface area contributed by atoms with Gasteiger partial charge in [-0.15, -0.1) is 0 Å². The minimum Gasteiger partial charge on any atom is -0.486 e. The lowest BCUT2D eigenvalue weighted by Crippen LogP contribution is -2.50. The molecular weight excluding hydrogens is 308 g/mol. The van der Waals surface area contributed by atoms with E-state index in [2.05, 4.69) is 14.9 Å². The van der Waals surface area contributed by atoms with Crippen molar-refractivity contribution in [3.05, 3.63) is 12.0 Å². The Morgan fingerprint density at radius 2 is 1.96 bits per heavy atom. The Morgan fingerprint density at radius 3 is 2.62 bits per heavy atom. The van der Waals surface area contributed by atoms with E-state index in [1.165, 1.54) is 0 Å². The lowest BCUT2D eigenvalue weighted by atomic mass is 10.0. The Bertz CT molecular complexity index is 606. The number of nitrogens with zero attached hydrogens (tertiary/aromatic N) is 4. The molecule has 0 N–H and O–H groups in total. The number of ether oxygens (including phenoxy) is 2. The van der Waals surface area contributed by atoms with Crippen LogP contribution in [0.15, 0.2) is 6.33 Å². The van der Waals surface area contributed by atoms with Gasteiger partial charge < -0.3 is 19.3 Å². The van der Waals surface area contributed by atoms with Crippen LogP contribution in [0.25, 0.3) is 0 Å². The molecule has 1 fully saturated rings. The quantitative estimate of drug-likeness (QED) is 0.785. The first-order valence-electron chi connectivity index (χ1n) is 8.54. The van der Waals surface area contributed by atoms with Gasteiger partial charge in [0.15, 0.2) is 11.6 Å². The number of rotatable bonds is 1. The Morgan fingerprint density at radius 1 is 1.25 bits per heavy atom. The van der Waals surface area contributed by atoms with Crippen LogP contribution in [0.2, 0.25) is 0 Å². The second-order valence-corrected chi connectivity index (χ2v) is 7.35. The zero-order valence-corrected chi connectivity index (χ0v) is 14.9. The van der Waals surface area contributed by atoms with E-state index in [9.17, 15) is 4.79 Å². The zero-order valence-electron chi connectivity index (χ0n) is 14.9. The number of likely N-dealkylation sites (tertiary alicyclic amines) is 1. The highest BCUT2D eigenvalue weighted by molar-refractivity contribution is 5.68. The number of carbonyl (C=O) groups is 1. The number of anilines is 1. The average molecular weight is 334 g/mol. The topological polar surface area (TPSA) is 67.8 Å². The standard InChI is InChI=1S/C17H26N4O3/c1-12-14-15(19-11-18-12)21(9-10-23-14)13-5-7-20(8-6-13)16(22)24-17(2,3)4/h11,13H,5-10H2,1-4H3. The molecule has 3 heterocycles. The largest absolute Gasteiger partial charge is 0.486 e. The fourth-order valence-corrected chi connectivity index (χ4v) is 3.22. The van der Waals surface area contributed by atoms with Crippen molar-refractivity contribution in [3.8, 4) is 5.75 Å². The molecule has 0 aromatic carbocycles. The van der Waals surface area contributed by atoms with Gasteiger partial charge in [-0.2, -0.15) is 0 Å². The summed E-state index contributed by atoms with van der Waals surface area (Å²) in [5, 5.41) is 0. The molecule has 7 nitrogen and oxygen atoms in total. The molecule has 3 rings (SSSR count). The summed E-state index contributed by atoms with van der Waals surface area (Å²) >= 11 is 0. The molecule has 2 aliphatic rings. The molecule has 0 atom stereocenters. The van der Waals surface area contributed by atoms with Crippen LogP contribution in [0.5, 0.6) is 5.75 Å². The molecule has 0 unspecified atom stereocenters. The molecule has 0 radical (unpaired) electrons. The number of hydrogen-bond acceptors (Lipinski definition) is 6. The lowest BCUT2D eigenvalue weighted by Gasteiger charge is -2.41. The summed E-state index contributed by atoms with van der Waals surface area (Å²) in [7, 11) is 0. The third-order valence-electron chi connectivity index (χ3n) is 4.37. The monoisotopic (exact) mass is 334 g/mol. The number of hydrogen-bond donors (Lipinski definition) is 0. The Hall–Kier alpha value is -2.05. The Labute approximate surface area is 143 Å². The van der Waals surface area contributed by atoms with Gasteiger partial charge >= 0.3 is 6.09 Å². The second kappa shape index (κ2) is 6.45. The maximum Gasteiger partial charge on any atom is 0.410 e. The van der Waals surface area contributed by atoms with Gasteiger partial charge in [0.1, 0.15) is 18.5 Å². The molecule has 1 aromatic heterocycles. The van der Waals surface area contributed by atoms with Crippen LogP contribution in [0.1, 0.15) is 39.3 Å². The first kappa shape index (κ1) is 16.8. The van der Waals surface area contributed by atoms with Crippen molar-refractivity contribution in [1.82, 2.24) is 14.9 Å². The van der Waals surface area contributed by atoms with Gasteiger partial charge in [0, 0.05) is 19.1 Å². The van der Waals surface area contributed by atoms with Crippen molar-refractivity contribution in [3.63, 3.8) is 0 Å². The third-order valence-corrected chi connectivity index (χ3v) is 4.37. The number of amides is 1. The van der Waals surface area contributed by atoms with Gasteiger partial charge in [-0.05, 0) is 40.5 Å². The second-order valence-electron chi connectivity index (χ2n) is 7.35. The third kappa shape index (κ3) is 3.55. The normalized spacial score (nSPS) is 18.8. The fourth-order valence-electron chi connectivity index (χ4n) is 3.22. The minimum absolute atomic E-state index is 0.221. The molecule has 1 amide bonds. The van der Waals surface area contributed by atoms with E-state index < -0.39 is 5.60 Å². The van der Waals surface area contributed by atoms with Gasteiger partial charge in [0.25, 0.3) is 0 Å². The Kier molecular flexibility index (Phi) is 4.51. The smallest absolute Gasteiger partial charge is 0.410 e. The maximum atomic E-state index is 12.2. The van der Waals surface area contributed by atoms with E-state index in [-0.39, 0.29) is 6.09 Å². The summed E-state index contributed by atoms with van der Waals surface area (Å²) in [6.07, 6.45) is 3.18. The van der Waals surface area contributed by atoms with Crippen molar-refractivity contribution in [2.75, 3.05) is 31.1 Å². The SMILES string of the molecule is Cc1ncnc2c1OCCN2C1CCN(C(=O)OC(C)(C)C)CC1. The fraction of sp³-hybridized carbons (Fsp3) is 0.706. The highest BCUT2D eigenvalue weighted by Gasteiger charge is 2.33. The van der Waals surface area contributed by atoms with Gasteiger partial charge in [-0.25, -0.2) is 14.8 Å². The summed E-state index contributed by atoms with van der Waals surface area (Å²) in [6.45, 7) is 10.5.